The molecule has 1 fully saturated rings. The van der Waals surface area contributed by atoms with Gasteiger partial charge in [-0.3, -0.25) is 4.98 Å². The van der Waals surface area contributed by atoms with Crippen molar-refractivity contribution in [2.24, 2.45) is 0 Å². The Labute approximate surface area is 97.9 Å². The minimum atomic E-state index is 0.0455. The van der Waals surface area contributed by atoms with Gasteiger partial charge in [-0.25, -0.2) is 0 Å². The Morgan fingerprint density at radius 1 is 1.29 bits per heavy atom. The molecule has 6 heteroatoms. The summed E-state index contributed by atoms with van der Waals surface area (Å²) in [4.78, 5) is 10.2. The minimum absolute atomic E-state index is 0.0455. The molecule has 3 heterocycles. The topological polar surface area (TPSA) is 75.3 Å². The Morgan fingerprint density at radius 3 is 2.88 bits per heavy atom. The van der Waals surface area contributed by atoms with E-state index in [-0.39, 0.29) is 5.75 Å². The van der Waals surface area contributed by atoms with Crippen LogP contribution in [0.1, 0.15) is 12.8 Å². The summed E-state index contributed by atoms with van der Waals surface area (Å²) in [5.41, 5.74) is 0.512. The standard InChI is InChI=1S/C11H12N4O2/c16-9-7-12-4-3-8(9)10-13-11(14-17-10)15-5-1-2-6-15/h3-4,7,16H,1-2,5-6H2. The second-order valence-electron chi connectivity index (χ2n) is 3.99. The second-order valence-corrected chi connectivity index (χ2v) is 3.99. The summed E-state index contributed by atoms with van der Waals surface area (Å²) in [7, 11) is 0. The highest BCUT2D eigenvalue weighted by atomic mass is 16.5. The number of pyridine rings is 1. The quantitative estimate of drug-likeness (QED) is 0.844. The molecule has 0 saturated carbocycles. The van der Waals surface area contributed by atoms with E-state index < -0.39 is 0 Å². The van der Waals surface area contributed by atoms with Crippen LogP contribution in [0.3, 0.4) is 0 Å². The van der Waals surface area contributed by atoms with Gasteiger partial charge in [0.25, 0.3) is 11.8 Å². The van der Waals surface area contributed by atoms with Crippen molar-refractivity contribution in [3.8, 4) is 17.2 Å². The predicted molar refractivity (Wildman–Crippen MR) is 60.6 cm³/mol. The number of rotatable bonds is 2. The highest BCUT2D eigenvalue weighted by molar-refractivity contribution is 5.61. The Morgan fingerprint density at radius 2 is 2.12 bits per heavy atom. The lowest BCUT2D eigenvalue weighted by Gasteiger charge is -2.09. The average Bonchev–Trinajstić information content (AvgIpc) is 3.00. The maximum Gasteiger partial charge on any atom is 0.266 e. The van der Waals surface area contributed by atoms with Crippen LogP contribution in [-0.2, 0) is 0 Å². The predicted octanol–water partition coefficient (Wildman–Crippen LogP) is 1.44. The molecule has 2 aromatic rings. The largest absolute Gasteiger partial charge is 0.505 e. The van der Waals surface area contributed by atoms with Crippen LogP contribution < -0.4 is 4.90 Å². The average molecular weight is 232 g/mol. The van der Waals surface area contributed by atoms with Crippen LogP contribution in [0.2, 0.25) is 0 Å². The molecule has 0 amide bonds. The van der Waals surface area contributed by atoms with Gasteiger partial charge < -0.3 is 14.5 Å². The number of anilines is 1. The van der Waals surface area contributed by atoms with Crippen molar-refractivity contribution >= 4 is 5.95 Å². The first-order valence-corrected chi connectivity index (χ1v) is 5.56. The Hall–Kier alpha value is -2.11. The molecule has 17 heavy (non-hydrogen) atoms. The fourth-order valence-electron chi connectivity index (χ4n) is 1.94. The Balaban J connectivity index is 1.92. The third-order valence-corrected chi connectivity index (χ3v) is 2.83. The third kappa shape index (κ3) is 1.82. The normalized spacial score (nSPS) is 15.4. The van der Waals surface area contributed by atoms with Crippen molar-refractivity contribution in [2.45, 2.75) is 12.8 Å². The molecule has 88 valence electrons. The number of hydrogen-bond acceptors (Lipinski definition) is 6. The highest BCUT2D eigenvalue weighted by Crippen LogP contribution is 2.28. The molecule has 0 aromatic carbocycles. The highest BCUT2D eigenvalue weighted by Gasteiger charge is 2.19. The number of aromatic nitrogens is 3. The zero-order valence-corrected chi connectivity index (χ0v) is 9.20. The molecule has 0 aliphatic carbocycles. The summed E-state index contributed by atoms with van der Waals surface area (Å²) in [5, 5.41) is 13.6. The van der Waals surface area contributed by atoms with E-state index in [1.807, 2.05) is 0 Å². The van der Waals surface area contributed by atoms with E-state index in [4.69, 9.17) is 4.52 Å². The van der Waals surface area contributed by atoms with E-state index in [0.29, 0.717) is 17.4 Å². The van der Waals surface area contributed by atoms with E-state index in [1.54, 1.807) is 12.3 Å². The van der Waals surface area contributed by atoms with E-state index >= 15 is 0 Å². The van der Waals surface area contributed by atoms with Gasteiger partial charge in [0.2, 0.25) is 0 Å². The van der Waals surface area contributed by atoms with Crippen LogP contribution in [-0.4, -0.2) is 33.3 Å². The molecular weight excluding hydrogens is 220 g/mol. The molecule has 1 aliphatic heterocycles. The van der Waals surface area contributed by atoms with Crippen molar-refractivity contribution < 1.29 is 9.63 Å². The second kappa shape index (κ2) is 4.04. The molecule has 0 spiro atoms. The van der Waals surface area contributed by atoms with Gasteiger partial charge in [-0.1, -0.05) is 0 Å². The maximum atomic E-state index is 9.63. The molecule has 1 aliphatic rings. The molecule has 0 unspecified atom stereocenters. The molecule has 3 rings (SSSR count). The van der Waals surface area contributed by atoms with Gasteiger partial charge in [0.05, 0.1) is 11.8 Å². The van der Waals surface area contributed by atoms with Gasteiger partial charge in [-0.15, -0.1) is 0 Å². The summed E-state index contributed by atoms with van der Waals surface area (Å²) in [6.45, 7) is 1.92. The molecule has 0 bridgehead atoms. The minimum Gasteiger partial charge on any atom is -0.505 e. The Bertz CT molecular complexity index is 520. The van der Waals surface area contributed by atoms with Gasteiger partial charge >= 0.3 is 0 Å². The first kappa shape index (κ1) is 10.1. The monoisotopic (exact) mass is 232 g/mol. The van der Waals surface area contributed by atoms with E-state index in [1.165, 1.54) is 6.20 Å². The maximum absolute atomic E-state index is 9.63. The van der Waals surface area contributed by atoms with Crippen LogP contribution in [0.25, 0.3) is 11.5 Å². The first-order valence-electron chi connectivity index (χ1n) is 5.56. The fourth-order valence-corrected chi connectivity index (χ4v) is 1.94. The summed E-state index contributed by atoms with van der Waals surface area (Å²) < 4.78 is 5.15. The van der Waals surface area contributed by atoms with Gasteiger partial charge in [0, 0.05) is 19.3 Å². The summed E-state index contributed by atoms with van der Waals surface area (Å²) >= 11 is 0. The van der Waals surface area contributed by atoms with Crippen LogP contribution in [0, 0.1) is 0 Å². The van der Waals surface area contributed by atoms with Crippen LogP contribution in [0.4, 0.5) is 5.95 Å². The molecule has 0 radical (unpaired) electrons. The SMILES string of the molecule is Oc1cnccc1-c1nc(N2CCCC2)no1. The van der Waals surface area contributed by atoms with Crippen LogP contribution in [0.15, 0.2) is 23.0 Å². The van der Waals surface area contributed by atoms with Crippen LogP contribution >= 0.6 is 0 Å². The molecule has 0 atom stereocenters. The lowest BCUT2D eigenvalue weighted by atomic mass is 10.2. The van der Waals surface area contributed by atoms with Gasteiger partial charge in [-0.05, 0) is 24.1 Å². The lowest BCUT2D eigenvalue weighted by Crippen LogP contribution is -2.18. The van der Waals surface area contributed by atoms with Crippen LogP contribution in [0.5, 0.6) is 5.75 Å². The van der Waals surface area contributed by atoms with E-state index in [0.717, 1.165) is 25.9 Å². The smallest absolute Gasteiger partial charge is 0.266 e. The molecule has 1 N–H and O–H groups in total. The van der Waals surface area contributed by atoms with Gasteiger partial charge in [0.15, 0.2) is 0 Å². The van der Waals surface area contributed by atoms with Gasteiger partial charge in [-0.2, -0.15) is 4.98 Å². The molecule has 1 saturated heterocycles. The number of hydrogen-bond donors (Lipinski definition) is 1. The zero-order chi connectivity index (χ0) is 11.7. The molecule has 2 aromatic heterocycles. The van der Waals surface area contributed by atoms with Crippen molar-refractivity contribution in [3.63, 3.8) is 0 Å². The molecular formula is C11H12N4O2. The van der Waals surface area contributed by atoms with Gasteiger partial charge in [0.1, 0.15) is 5.75 Å². The van der Waals surface area contributed by atoms with Crippen molar-refractivity contribution in [1.82, 2.24) is 15.1 Å². The van der Waals surface area contributed by atoms with Crippen molar-refractivity contribution in [3.05, 3.63) is 18.5 Å². The first-order chi connectivity index (χ1) is 8.34. The summed E-state index contributed by atoms with van der Waals surface area (Å²) in [6.07, 6.45) is 5.25. The molecule has 6 nitrogen and oxygen atoms in total. The van der Waals surface area contributed by atoms with E-state index in [9.17, 15) is 5.11 Å². The van der Waals surface area contributed by atoms with E-state index in [2.05, 4.69) is 20.0 Å². The Kier molecular flexibility index (Phi) is 2.40. The number of aromatic hydroxyl groups is 1. The fraction of sp³-hybridized carbons (Fsp3) is 0.364. The van der Waals surface area contributed by atoms with Crippen molar-refractivity contribution in [2.75, 3.05) is 18.0 Å². The zero-order valence-electron chi connectivity index (χ0n) is 9.20. The summed E-state index contributed by atoms with van der Waals surface area (Å²) in [5.74, 6) is 0.963. The lowest BCUT2D eigenvalue weighted by molar-refractivity contribution is 0.423. The van der Waals surface area contributed by atoms with Crippen molar-refractivity contribution in [1.29, 1.82) is 0 Å². The number of nitrogens with zero attached hydrogens (tertiary/aromatic N) is 4. The summed E-state index contributed by atoms with van der Waals surface area (Å²) in [6, 6.07) is 1.65. The third-order valence-electron chi connectivity index (χ3n) is 2.83.